The van der Waals surface area contributed by atoms with Gasteiger partial charge in [0.1, 0.15) is 23.9 Å². The minimum Gasteiger partial charge on any atom is -0.370 e. The van der Waals surface area contributed by atoms with Crippen LogP contribution in [0.15, 0.2) is 12.4 Å². The summed E-state index contributed by atoms with van der Waals surface area (Å²) in [4.78, 5) is 7.72. The number of unbranched alkanes of at least 4 members (excludes halogenated alkanes) is 1. The number of terminal acetylenes is 1. The second-order valence-corrected chi connectivity index (χ2v) is 2.63. The average Bonchev–Trinajstić information content (AvgIpc) is 2.25. The first-order valence-electron chi connectivity index (χ1n) is 4.26. The van der Waals surface area contributed by atoms with Crippen LogP contribution < -0.4 is 5.32 Å². The van der Waals surface area contributed by atoms with E-state index in [9.17, 15) is 0 Å². The highest BCUT2D eigenvalue weighted by Gasteiger charge is 1.95. The fraction of sp³-hybridized carbons (Fsp3) is 0.300. The van der Waals surface area contributed by atoms with Gasteiger partial charge in [-0.2, -0.15) is 5.26 Å². The summed E-state index contributed by atoms with van der Waals surface area (Å²) in [5.41, 5.74) is 0.361. The van der Waals surface area contributed by atoms with E-state index in [1.54, 1.807) is 6.07 Å². The van der Waals surface area contributed by atoms with Crippen molar-refractivity contribution in [3.63, 3.8) is 0 Å². The maximum absolute atomic E-state index is 8.58. The summed E-state index contributed by atoms with van der Waals surface area (Å²) in [6, 6.07) is 3.55. The Morgan fingerprint density at radius 1 is 1.50 bits per heavy atom. The molecule has 1 heterocycles. The molecule has 0 radical (unpaired) electrons. The van der Waals surface area contributed by atoms with E-state index in [1.807, 2.05) is 6.07 Å². The van der Waals surface area contributed by atoms with Gasteiger partial charge in [-0.25, -0.2) is 9.97 Å². The van der Waals surface area contributed by atoms with Crippen molar-refractivity contribution in [2.24, 2.45) is 0 Å². The molecule has 1 aromatic heterocycles. The molecular formula is C10H10N4. The van der Waals surface area contributed by atoms with Gasteiger partial charge in [0.15, 0.2) is 0 Å². The first kappa shape index (κ1) is 10.0. The first-order chi connectivity index (χ1) is 6.86. The third-order valence-electron chi connectivity index (χ3n) is 1.59. The van der Waals surface area contributed by atoms with Gasteiger partial charge < -0.3 is 5.32 Å². The van der Waals surface area contributed by atoms with Crippen LogP contribution >= 0.6 is 0 Å². The maximum atomic E-state index is 8.58. The molecule has 0 aliphatic carbocycles. The number of rotatable bonds is 4. The number of nitrogens with zero attached hydrogens (tertiary/aromatic N) is 3. The predicted octanol–water partition coefficient (Wildman–Crippen LogP) is 1.17. The average molecular weight is 186 g/mol. The molecule has 4 heteroatoms. The zero-order valence-corrected chi connectivity index (χ0v) is 7.70. The quantitative estimate of drug-likeness (QED) is 0.566. The van der Waals surface area contributed by atoms with E-state index < -0.39 is 0 Å². The van der Waals surface area contributed by atoms with E-state index >= 15 is 0 Å². The number of nitrogens with one attached hydrogen (secondary N) is 1. The third kappa shape index (κ3) is 3.12. The Morgan fingerprint density at radius 2 is 2.36 bits per heavy atom. The van der Waals surface area contributed by atoms with Gasteiger partial charge in [-0.05, 0) is 6.42 Å². The molecule has 1 rings (SSSR count). The number of anilines is 1. The van der Waals surface area contributed by atoms with Crippen molar-refractivity contribution in [3.05, 3.63) is 18.1 Å². The molecule has 70 valence electrons. The van der Waals surface area contributed by atoms with Crippen LogP contribution in [-0.2, 0) is 0 Å². The van der Waals surface area contributed by atoms with Crippen molar-refractivity contribution in [1.29, 1.82) is 5.26 Å². The van der Waals surface area contributed by atoms with Gasteiger partial charge in [0.2, 0.25) is 0 Å². The second-order valence-electron chi connectivity index (χ2n) is 2.63. The van der Waals surface area contributed by atoms with Crippen LogP contribution in [-0.4, -0.2) is 16.5 Å². The lowest BCUT2D eigenvalue weighted by molar-refractivity contribution is 0.899. The molecule has 0 atom stereocenters. The molecule has 1 N–H and O–H groups in total. The molecule has 0 aromatic carbocycles. The summed E-state index contributed by atoms with van der Waals surface area (Å²) < 4.78 is 0. The number of aromatic nitrogens is 2. The third-order valence-corrected chi connectivity index (χ3v) is 1.59. The van der Waals surface area contributed by atoms with Crippen molar-refractivity contribution in [2.75, 3.05) is 11.9 Å². The molecule has 0 spiro atoms. The lowest BCUT2D eigenvalue weighted by atomic mass is 10.3. The largest absolute Gasteiger partial charge is 0.370 e. The van der Waals surface area contributed by atoms with Crippen molar-refractivity contribution in [2.45, 2.75) is 12.8 Å². The normalized spacial score (nSPS) is 8.71. The van der Waals surface area contributed by atoms with Crippen molar-refractivity contribution in [3.8, 4) is 18.4 Å². The van der Waals surface area contributed by atoms with Gasteiger partial charge in [-0.1, -0.05) is 0 Å². The predicted molar refractivity (Wildman–Crippen MR) is 53.3 cm³/mol. The molecule has 4 nitrogen and oxygen atoms in total. The molecule has 0 aliphatic rings. The molecule has 14 heavy (non-hydrogen) atoms. The van der Waals surface area contributed by atoms with Crippen LogP contribution in [0.25, 0.3) is 0 Å². The van der Waals surface area contributed by atoms with Crippen LogP contribution in [0.5, 0.6) is 0 Å². The Labute approximate surface area is 83.0 Å². The molecule has 0 fully saturated rings. The fourth-order valence-corrected chi connectivity index (χ4v) is 0.922. The van der Waals surface area contributed by atoms with E-state index in [2.05, 4.69) is 21.2 Å². The van der Waals surface area contributed by atoms with Gasteiger partial charge >= 0.3 is 0 Å². The Hall–Kier alpha value is -2.07. The molecule has 0 aliphatic heterocycles. The fourth-order valence-electron chi connectivity index (χ4n) is 0.922. The summed E-state index contributed by atoms with van der Waals surface area (Å²) in [6.45, 7) is 0.756. The van der Waals surface area contributed by atoms with Crippen LogP contribution in [0.4, 0.5) is 5.82 Å². The maximum Gasteiger partial charge on any atom is 0.145 e. The highest BCUT2D eigenvalue weighted by atomic mass is 15.0. The SMILES string of the molecule is C#CCCCNc1cc(C#N)ncn1. The van der Waals surface area contributed by atoms with Gasteiger partial charge in [-0.15, -0.1) is 12.3 Å². The molecule has 0 amide bonds. The van der Waals surface area contributed by atoms with E-state index in [0.29, 0.717) is 11.5 Å². The first-order valence-corrected chi connectivity index (χ1v) is 4.26. The number of hydrogen-bond donors (Lipinski definition) is 1. The summed E-state index contributed by atoms with van der Waals surface area (Å²) in [7, 11) is 0. The summed E-state index contributed by atoms with van der Waals surface area (Å²) >= 11 is 0. The van der Waals surface area contributed by atoms with Gasteiger partial charge in [0.25, 0.3) is 0 Å². The van der Waals surface area contributed by atoms with E-state index in [0.717, 1.165) is 19.4 Å². The van der Waals surface area contributed by atoms with Gasteiger partial charge in [0.05, 0.1) is 0 Å². The Morgan fingerprint density at radius 3 is 3.07 bits per heavy atom. The molecule has 1 aromatic rings. The van der Waals surface area contributed by atoms with Crippen LogP contribution in [0.1, 0.15) is 18.5 Å². The smallest absolute Gasteiger partial charge is 0.145 e. The zero-order valence-electron chi connectivity index (χ0n) is 7.70. The molecular weight excluding hydrogens is 176 g/mol. The van der Waals surface area contributed by atoms with Crippen molar-refractivity contribution >= 4 is 5.82 Å². The second kappa shape index (κ2) is 5.55. The van der Waals surface area contributed by atoms with E-state index in [-0.39, 0.29) is 0 Å². The summed E-state index contributed by atoms with van der Waals surface area (Å²) in [5, 5.41) is 11.6. The topological polar surface area (TPSA) is 61.6 Å². The summed E-state index contributed by atoms with van der Waals surface area (Å²) in [6.07, 6.45) is 8.10. The van der Waals surface area contributed by atoms with E-state index in [1.165, 1.54) is 6.33 Å². The van der Waals surface area contributed by atoms with Crippen LogP contribution in [0.2, 0.25) is 0 Å². The summed E-state index contributed by atoms with van der Waals surface area (Å²) in [5.74, 6) is 3.21. The number of nitriles is 1. The minimum absolute atomic E-state index is 0.361. The molecule has 0 unspecified atom stereocenters. The van der Waals surface area contributed by atoms with Crippen molar-refractivity contribution < 1.29 is 0 Å². The standard InChI is InChI=1S/C10H10N4/c1-2-3-4-5-12-10-6-9(7-11)13-8-14-10/h1,6,8H,3-5H2,(H,12,13,14). The van der Waals surface area contributed by atoms with Crippen LogP contribution in [0.3, 0.4) is 0 Å². The highest BCUT2D eigenvalue weighted by Crippen LogP contribution is 2.02. The lowest BCUT2D eigenvalue weighted by Gasteiger charge is -2.02. The highest BCUT2D eigenvalue weighted by molar-refractivity contribution is 5.38. The molecule has 0 bridgehead atoms. The zero-order chi connectivity index (χ0) is 10.2. The van der Waals surface area contributed by atoms with E-state index in [4.69, 9.17) is 11.7 Å². The number of hydrogen-bond acceptors (Lipinski definition) is 4. The molecule has 0 saturated carbocycles. The van der Waals surface area contributed by atoms with Gasteiger partial charge in [0, 0.05) is 19.0 Å². The van der Waals surface area contributed by atoms with Crippen molar-refractivity contribution in [1.82, 2.24) is 9.97 Å². The Bertz CT molecular complexity index is 372. The van der Waals surface area contributed by atoms with Gasteiger partial charge in [-0.3, -0.25) is 0 Å². The van der Waals surface area contributed by atoms with Crippen LogP contribution in [0, 0.1) is 23.7 Å². The Balaban J connectivity index is 2.44. The monoisotopic (exact) mass is 186 g/mol. The minimum atomic E-state index is 0.361. The molecule has 0 saturated heterocycles. The lowest BCUT2D eigenvalue weighted by Crippen LogP contribution is -2.03. The Kier molecular flexibility index (Phi) is 3.97.